The summed E-state index contributed by atoms with van der Waals surface area (Å²) in [6, 6.07) is 4.21. The molecule has 114 valence electrons. The van der Waals surface area contributed by atoms with Gasteiger partial charge < -0.3 is 10.0 Å². The highest BCUT2D eigenvalue weighted by atomic mass is 35.5. The zero-order valence-electron chi connectivity index (χ0n) is 11.8. The predicted molar refractivity (Wildman–Crippen MR) is 81.5 cm³/mol. The standard InChI is InChI=1S/C16H19ClFNO2/c17-14-10-12(5-7-15(14)18)6-8-16(21)19-9-3-1-2-4-13(19)11-20/h5-8,10,13,20H,1-4,9,11H2/b8-6+. The zero-order valence-corrected chi connectivity index (χ0v) is 12.5. The Morgan fingerprint density at radius 1 is 1.43 bits per heavy atom. The average Bonchev–Trinajstić information content (AvgIpc) is 2.73. The fourth-order valence-electron chi connectivity index (χ4n) is 2.54. The molecule has 5 heteroatoms. The van der Waals surface area contributed by atoms with Crippen molar-refractivity contribution in [1.82, 2.24) is 4.90 Å². The van der Waals surface area contributed by atoms with Crippen LogP contribution in [0.5, 0.6) is 0 Å². The Kier molecular flexibility index (Phi) is 5.76. The SMILES string of the molecule is O=C(/C=C/c1ccc(F)c(Cl)c1)N1CCCCCC1CO. The minimum absolute atomic E-state index is 0.0119. The monoisotopic (exact) mass is 311 g/mol. The number of rotatable bonds is 3. The highest BCUT2D eigenvalue weighted by Gasteiger charge is 2.23. The van der Waals surface area contributed by atoms with Gasteiger partial charge in [0, 0.05) is 12.6 Å². The van der Waals surface area contributed by atoms with E-state index in [2.05, 4.69) is 0 Å². The van der Waals surface area contributed by atoms with E-state index in [0.717, 1.165) is 25.7 Å². The van der Waals surface area contributed by atoms with E-state index in [9.17, 15) is 14.3 Å². The summed E-state index contributed by atoms with van der Waals surface area (Å²) in [5.41, 5.74) is 0.671. The Morgan fingerprint density at radius 2 is 2.24 bits per heavy atom. The van der Waals surface area contributed by atoms with E-state index < -0.39 is 5.82 Å². The normalized spacial score (nSPS) is 19.8. The third kappa shape index (κ3) is 4.29. The number of aliphatic hydroxyl groups excluding tert-OH is 1. The Bertz CT molecular complexity index is 533. The van der Waals surface area contributed by atoms with Crippen molar-refractivity contribution < 1.29 is 14.3 Å². The molecule has 1 amide bonds. The number of hydrogen-bond donors (Lipinski definition) is 1. The van der Waals surface area contributed by atoms with Crippen LogP contribution in [0.1, 0.15) is 31.2 Å². The van der Waals surface area contributed by atoms with E-state index in [1.165, 1.54) is 18.2 Å². The maximum absolute atomic E-state index is 13.1. The van der Waals surface area contributed by atoms with Crippen molar-refractivity contribution in [3.8, 4) is 0 Å². The molecule has 1 heterocycles. The molecule has 0 bridgehead atoms. The van der Waals surface area contributed by atoms with Gasteiger partial charge in [-0.2, -0.15) is 0 Å². The Labute approximate surface area is 129 Å². The van der Waals surface area contributed by atoms with Gasteiger partial charge >= 0.3 is 0 Å². The summed E-state index contributed by atoms with van der Waals surface area (Å²) in [5.74, 6) is -0.607. The summed E-state index contributed by atoms with van der Waals surface area (Å²) in [7, 11) is 0. The maximum atomic E-state index is 13.1. The number of likely N-dealkylation sites (tertiary alicyclic amines) is 1. The van der Waals surface area contributed by atoms with E-state index in [0.29, 0.717) is 12.1 Å². The van der Waals surface area contributed by atoms with Gasteiger partial charge in [0.2, 0.25) is 5.91 Å². The molecule has 21 heavy (non-hydrogen) atoms. The molecule has 1 N–H and O–H groups in total. The van der Waals surface area contributed by atoms with E-state index in [1.54, 1.807) is 17.0 Å². The molecule has 2 rings (SSSR count). The van der Waals surface area contributed by atoms with Crippen molar-refractivity contribution >= 4 is 23.6 Å². The number of hydrogen-bond acceptors (Lipinski definition) is 2. The molecular formula is C16H19ClFNO2. The molecule has 1 aliphatic heterocycles. The van der Waals surface area contributed by atoms with Gasteiger partial charge in [-0.3, -0.25) is 4.79 Å². The van der Waals surface area contributed by atoms with Gasteiger partial charge in [-0.15, -0.1) is 0 Å². The number of amides is 1. The van der Waals surface area contributed by atoms with Crippen molar-refractivity contribution in [3.05, 3.63) is 40.7 Å². The number of aliphatic hydroxyl groups is 1. The number of carbonyl (C=O) groups excluding carboxylic acids is 1. The zero-order chi connectivity index (χ0) is 15.2. The Balaban J connectivity index is 2.07. The van der Waals surface area contributed by atoms with Crippen molar-refractivity contribution in [3.63, 3.8) is 0 Å². The predicted octanol–water partition coefficient (Wildman–Crippen LogP) is 3.26. The van der Waals surface area contributed by atoms with Gasteiger partial charge in [0.05, 0.1) is 17.7 Å². The molecule has 1 aliphatic rings. The minimum atomic E-state index is -0.479. The highest BCUT2D eigenvalue weighted by Crippen LogP contribution is 2.19. The van der Waals surface area contributed by atoms with E-state index in [1.807, 2.05) is 0 Å². The molecule has 0 aliphatic carbocycles. The first-order valence-corrected chi connectivity index (χ1v) is 7.54. The molecule has 1 unspecified atom stereocenters. The first-order valence-electron chi connectivity index (χ1n) is 7.16. The molecule has 0 radical (unpaired) electrons. The smallest absolute Gasteiger partial charge is 0.246 e. The van der Waals surface area contributed by atoms with Crippen molar-refractivity contribution in [2.45, 2.75) is 31.7 Å². The van der Waals surface area contributed by atoms with Crippen molar-refractivity contribution in [2.24, 2.45) is 0 Å². The first-order chi connectivity index (χ1) is 10.1. The first kappa shape index (κ1) is 16.0. The van der Waals surface area contributed by atoms with Crippen LogP contribution in [0, 0.1) is 5.82 Å². The third-order valence-corrected chi connectivity index (χ3v) is 4.02. The number of carbonyl (C=O) groups is 1. The fraction of sp³-hybridized carbons (Fsp3) is 0.438. The second-order valence-corrected chi connectivity index (χ2v) is 5.63. The molecule has 0 spiro atoms. The lowest BCUT2D eigenvalue weighted by atomic mass is 10.1. The summed E-state index contributed by atoms with van der Waals surface area (Å²) in [6.07, 6.45) is 6.98. The number of benzene rings is 1. The number of nitrogens with zero attached hydrogens (tertiary/aromatic N) is 1. The second-order valence-electron chi connectivity index (χ2n) is 5.22. The summed E-state index contributed by atoms with van der Waals surface area (Å²) in [5, 5.41) is 9.45. The highest BCUT2D eigenvalue weighted by molar-refractivity contribution is 6.30. The number of halogens is 2. The largest absolute Gasteiger partial charge is 0.394 e. The molecule has 1 aromatic carbocycles. The molecule has 1 fully saturated rings. The molecule has 1 saturated heterocycles. The van der Waals surface area contributed by atoms with Crippen molar-refractivity contribution in [1.29, 1.82) is 0 Å². The minimum Gasteiger partial charge on any atom is -0.394 e. The molecule has 1 atom stereocenters. The van der Waals surface area contributed by atoms with Gasteiger partial charge in [0.1, 0.15) is 5.82 Å². The van der Waals surface area contributed by atoms with Crippen LogP contribution in [0.2, 0.25) is 5.02 Å². The summed E-state index contributed by atoms with van der Waals surface area (Å²) in [4.78, 5) is 14.0. The quantitative estimate of drug-likeness (QED) is 0.871. The lowest BCUT2D eigenvalue weighted by Crippen LogP contribution is -2.41. The van der Waals surface area contributed by atoms with Crippen LogP contribution in [0.4, 0.5) is 4.39 Å². The van der Waals surface area contributed by atoms with E-state index in [4.69, 9.17) is 11.6 Å². The van der Waals surface area contributed by atoms with Crippen LogP contribution in [0.15, 0.2) is 24.3 Å². The van der Waals surface area contributed by atoms with Crippen LogP contribution in [0.25, 0.3) is 6.08 Å². The lowest BCUT2D eigenvalue weighted by Gasteiger charge is -2.27. The molecule has 1 aromatic rings. The van der Waals surface area contributed by atoms with Gasteiger partial charge in [-0.05, 0) is 36.6 Å². The van der Waals surface area contributed by atoms with Crippen LogP contribution in [-0.4, -0.2) is 35.1 Å². The maximum Gasteiger partial charge on any atom is 0.246 e. The lowest BCUT2D eigenvalue weighted by molar-refractivity contribution is -0.129. The topological polar surface area (TPSA) is 40.5 Å². The van der Waals surface area contributed by atoms with Gasteiger partial charge in [0.15, 0.2) is 0 Å². The average molecular weight is 312 g/mol. The second kappa shape index (κ2) is 7.57. The van der Waals surface area contributed by atoms with Crippen LogP contribution >= 0.6 is 11.6 Å². The van der Waals surface area contributed by atoms with E-state index in [-0.39, 0.29) is 23.6 Å². The molecule has 3 nitrogen and oxygen atoms in total. The summed E-state index contributed by atoms with van der Waals surface area (Å²) < 4.78 is 13.1. The van der Waals surface area contributed by atoms with Crippen LogP contribution < -0.4 is 0 Å². The molecule has 0 aromatic heterocycles. The van der Waals surface area contributed by atoms with Crippen LogP contribution in [0.3, 0.4) is 0 Å². The van der Waals surface area contributed by atoms with Gasteiger partial charge in [0.25, 0.3) is 0 Å². The van der Waals surface area contributed by atoms with Crippen LogP contribution in [-0.2, 0) is 4.79 Å². The molecule has 0 saturated carbocycles. The van der Waals surface area contributed by atoms with Crippen molar-refractivity contribution in [2.75, 3.05) is 13.2 Å². The van der Waals surface area contributed by atoms with Gasteiger partial charge in [-0.25, -0.2) is 4.39 Å². The van der Waals surface area contributed by atoms with Gasteiger partial charge in [-0.1, -0.05) is 30.5 Å². The Hall–Kier alpha value is -1.39. The molecular weight excluding hydrogens is 293 g/mol. The summed E-state index contributed by atoms with van der Waals surface area (Å²) >= 11 is 5.71. The van der Waals surface area contributed by atoms with E-state index >= 15 is 0 Å². The summed E-state index contributed by atoms with van der Waals surface area (Å²) in [6.45, 7) is 0.653. The fourth-order valence-corrected chi connectivity index (χ4v) is 2.73. The Morgan fingerprint density at radius 3 is 2.95 bits per heavy atom. The third-order valence-electron chi connectivity index (χ3n) is 3.73.